The van der Waals surface area contributed by atoms with E-state index in [1.807, 2.05) is 20.8 Å². The van der Waals surface area contributed by atoms with Crippen LogP contribution in [0.25, 0.3) is 0 Å². The molecule has 1 N–H and O–H groups in total. The van der Waals surface area contributed by atoms with Gasteiger partial charge in [-0.15, -0.1) is 0 Å². The standard InChI is InChI=1S/C13H23N3O2/c1-5-9-17-11-7-8-14-12(16-11)15-10-13(3,4)18-6-2/h7-8H,5-6,9-10H2,1-4H3,(H,14,15,16). The second kappa shape index (κ2) is 7.16. The molecule has 1 aromatic rings. The molecule has 0 aliphatic heterocycles. The zero-order valence-corrected chi connectivity index (χ0v) is 11.7. The number of nitrogens with zero attached hydrogens (tertiary/aromatic N) is 2. The summed E-state index contributed by atoms with van der Waals surface area (Å²) < 4.78 is 11.0. The molecule has 0 aromatic carbocycles. The third-order valence-electron chi connectivity index (χ3n) is 2.29. The molecule has 0 radical (unpaired) electrons. The quantitative estimate of drug-likeness (QED) is 0.771. The smallest absolute Gasteiger partial charge is 0.226 e. The van der Waals surface area contributed by atoms with Gasteiger partial charge in [-0.1, -0.05) is 6.92 Å². The number of anilines is 1. The van der Waals surface area contributed by atoms with E-state index in [1.54, 1.807) is 12.3 Å². The Labute approximate surface area is 109 Å². The minimum atomic E-state index is -0.238. The predicted octanol–water partition coefficient (Wildman–Crippen LogP) is 2.49. The maximum Gasteiger partial charge on any atom is 0.226 e. The molecule has 18 heavy (non-hydrogen) atoms. The third-order valence-corrected chi connectivity index (χ3v) is 2.29. The summed E-state index contributed by atoms with van der Waals surface area (Å²) in [4.78, 5) is 8.43. The Balaban J connectivity index is 2.51. The fourth-order valence-electron chi connectivity index (χ4n) is 1.45. The van der Waals surface area contributed by atoms with E-state index in [9.17, 15) is 0 Å². The van der Waals surface area contributed by atoms with Gasteiger partial charge in [0.1, 0.15) is 0 Å². The van der Waals surface area contributed by atoms with Crippen LogP contribution in [0.1, 0.15) is 34.1 Å². The average Bonchev–Trinajstić information content (AvgIpc) is 2.35. The van der Waals surface area contributed by atoms with Gasteiger partial charge in [-0.3, -0.25) is 0 Å². The van der Waals surface area contributed by atoms with Crippen LogP contribution in [-0.2, 0) is 4.74 Å². The third kappa shape index (κ3) is 5.31. The molecule has 5 heteroatoms. The van der Waals surface area contributed by atoms with Gasteiger partial charge in [-0.2, -0.15) is 4.98 Å². The molecule has 0 saturated carbocycles. The van der Waals surface area contributed by atoms with Gasteiger partial charge in [0, 0.05) is 25.4 Å². The largest absolute Gasteiger partial charge is 0.478 e. The first-order valence-corrected chi connectivity index (χ1v) is 6.41. The SMILES string of the molecule is CCCOc1ccnc(NCC(C)(C)OCC)n1. The Bertz CT molecular complexity index is 356. The van der Waals surface area contributed by atoms with Crippen LogP contribution in [0.5, 0.6) is 5.88 Å². The molecule has 0 unspecified atom stereocenters. The topological polar surface area (TPSA) is 56.3 Å². The molecule has 5 nitrogen and oxygen atoms in total. The van der Waals surface area contributed by atoms with Crippen molar-refractivity contribution >= 4 is 5.95 Å². The van der Waals surface area contributed by atoms with Crippen LogP contribution in [0.2, 0.25) is 0 Å². The molecule has 0 bridgehead atoms. The van der Waals surface area contributed by atoms with E-state index in [0.717, 1.165) is 6.42 Å². The first-order valence-electron chi connectivity index (χ1n) is 6.41. The van der Waals surface area contributed by atoms with Crippen molar-refractivity contribution in [3.63, 3.8) is 0 Å². The molecule has 0 aliphatic rings. The fourth-order valence-corrected chi connectivity index (χ4v) is 1.45. The second-order valence-corrected chi connectivity index (χ2v) is 4.61. The van der Waals surface area contributed by atoms with Crippen molar-refractivity contribution in [1.29, 1.82) is 0 Å². The molecule has 0 amide bonds. The van der Waals surface area contributed by atoms with Crippen LogP contribution in [0.15, 0.2) is 12.3 Å². The molecule has 0 saturated heterocycles. The monoisotopic (exact) mass is 253 g/mol. The Hall–Kier alpha value is -1.36. The lowest BCUT2D eigenvalue weighted by atomic mass is 10.1. The molecule has 1 heterocycles. The summed E-state index contributed by atoms with van der Waals surface area (Å²) in [6.45, 7) is 10.1. The summed E-state index contributed by atoms with van der Waals surface area (Å²) in [5.74, 6) is 1.17. The summed E-state index contributed by atoms with van der Waals surface area (Å²) in [6.07, 6.45) is 2.65. The summed E-state index contributed by atoms with van der Waals surface area (Å²) in [7, 11) is 0. The summed E-state index contributed by atoms with van der Waals surface area (Å²) in [5, 5.41) is 3.16. The van der Waals surface area contributed by atoms with Crippen LogP contribution >= 0.6 is 0 Å². The Morgan fingerprint density at radius 2 is 2.11 bits per heavy atom. The van der Waals surface area contributed by atoms with Crippen molar-refractivity contribution in [3.05, 3.63) is 12.3 Å². The number of rotatable bonds is 8. The van der Waals surface area contributed by atoms with Crippen LogP contribution in [-0.4, -0.2) is 35.3 Å². The van der Waals surface area contributed by atoms with E-state index < -0.39 is 0 Å². The lowest BCUT2D eigenvalue weighted by Gasteiger charge is -2.24. The van der Waals surface area contributed by atoms with E-state index in [1.165, 1.54) is 0 Å². The number of ether oxygens (including phenoxy) is 2. The van der Waals surface area contributed by atoms with Crippen molar-refractivity contribution in [2.24, 2.45) is 0 Å². The maximum atomic E-state index is 5.60. The number of nitrogens with one attached hydrogen (secondary N) is 1. The minimum absolute atomic E-state index is 0.238. The lowest BCUT2D eigenvalue weighted by molar-refractivity contribution is 0.000571. The van der Waals surface area contributed by atoms with Gasteiger partial charge in [0.25, 0.3) is 0 Å². The van der Waals surface area contributed by atoms with Gasteiger partial charge < -0.3 is 14.8 Å². The van der Waals surface area contributed by atoms with Crippen LogP contribution in [0, 0.1) is 0 Å². The highest BCUT2D eigenvalue weighted by molar-refractivity contribution is 5.27. The van der Waals surface area contributed by atoms with Gasteiger partial charge in [-0.05, 0) is 27.2 Å². The van der Waals surface area contributed by atoms with E-state index in [0.29, 0.717) is 31.6 Å². The highest BCUT2D eigenvalue weighted by Crippen LogP contribution is 2.12. The van der Waals surface area contributed by atoms with E-state index >= 15 is 0 Å². The fraction of sp³-hybridized carbons (Fsp3) is 0.692. The van der Waals surface area contributed by atoms with Gasteiger partial charge in [0.15, 0.2) is 0 Å². The Morgan fingerprint density at radius 3 is 2.78 bits per heavy atom. The van der Waals surface area contributed by atoms with E-state index in [2.05, 4.69) is 22.2 Å². The zero-order valence-electron chi connectivity index (χ0n) is 11.7. The number of aromatic nitrogens is 2. The van der Waals surface area contributed by atoms with Crippen LogP contribution in [0.4, 0.5) is 5.95 Å². The number of hydrogen-bond acceptors (Lipinski definition) is 5. The molecule has 0 atom stereocenters. The van der Waals surface area contributed by atoms with Crippen molar-refractivity contribution in [2.75, 3.05) is 25.1 Å². The molecule has 1 aromatic heterocycles. The molecule has 0 fully saturated rings. The van der Waals surface area contributed by atoms with Crippen molar-refractivity contribution in [2.45, 2.75) is 39.7 Å². The van der Waals surface area contributed by atoms with Gasteiger partial charge in [0.2, 0.25) is 11.8 Å². The molecular formula is C13H23N3O2. The van der Waals surface area contributed by atoms with E-state index in [4.69, 9.17) is 9.47 Å². The maximum absolute atomic E-state index is 5.60. The summed E-state index contributed by atoms with van der Waals surface area (Å²) in [5.41, 5.74) is -0.238. The highest BCUT2D eigenvalue weighted by Gasteiger charge is 2.17. The molecular weight excluding hydrogens is 230 g/mol. The second-order valence-electron chi connectivity index (χ2n) is 4.61. The normalized spacial score (nSPS) is 11.3. The van der Waals surface area contributed by atoms with Crippen molar-refractivity contribution in [1.82, 2.24) is 9.97 Å². The summed E-state index contributed by atoms with van der Waals surface area (Å²) in [6, 6.07) is 1.76. The first-order chi connectivity index (χ1) is 8.57. The average molecular weight is 253 g/mol. The van der Waals surface area contributed by atoms with Gasteiger partial charge in [-0.25, -0.2) is 4.98 Å². The Morgan fingerprint density at radius 1 is 1.33 bits per heavy atom. The van der Waals surface area contributed by atoms with Crippen molar-refractivity contribution < 1.29 is 9.47 Å². The van der Waals surface area contributed by atoms with Crippen molar-refractivity contribution in [3.8, 4) is 5.88 Å². The molecule has 0 aliphatic carbocycles. The van der Waals surface area contributed by atoms with E-state index in [-0.39, 0.29) is 5.60 Å². The number of hydrogen-bond donors (Lipinski definition) is 1. The van der Waals surface area contributed by atoms with Gasteiger partial charge in [0.05, 0.1) is 12.2 Å². The predicted molar refractivity (Wildman–Crippen MR) is 72.0 cm³/mol. The van der Waals surface area contributed by atoms with Crippen LogP contribution in [0.3, 0.4) is 0 Å². The molecule has 0 spiro atoms. The highest BCUT2D eigenvalue weighted by atomic mass is 16.5. The lowest BCUT2D eigenvalue weighted by Crippen LogP contribution is -2.33. The molecule has 1 rings (SSSR count). The summed E-state index contributed by atoms with van der Waals surface area (Å²) >= 11 is 0. The zero-order chi connectivity index (χ0) is 13.4. The first kappa shape index (κ1) is 14.7. The van der Waals surface area contributed by atoms with Gasteiger partial charge >= 0.3 is 0 Å². The van der Waals surface area contributed by atoms with Crippen LogP contribution < -0.4 is 10.1 Å². The Kier molecular flexibility index (Phi) is 5.85. The minimum Gasteiger partial charge on any atom is -0.478 e. The molecule has 102 valence electrons.